The molecule has 0 bridgehead atoms. The summed E-state index contributed by atoms with van der Waals surface area (Å²) in [6, 6.07) is 9.72. The Balaban J connectivity index is 1.88. The maximum atomic E-state index is 13.6. The van der Waals surface area contributed by atoms with Crippen LogP contribution in [0.15, 0.2) is 41.4 Å². The highest BCUT2D eigenvalue weighted by atomic mass is 19.3. The van der Waals surface area contributed by atoms with E-state index in [9.17, 15) is 18.3 Å². The van der Waals surface area contributed by atoms with Gasteiger partial charge < -0.3 is 10.0 Å². The Bertz CT molecular complexity index is 838. The molecule has 0 saturated carbocycles. The fourth-order valence-corrected chi connectivity index (χ4v) is 3.48. The van der Waals surface area contributed by atoms with Gasteiger partial charge in [0.25, 0.3) is 0 Å². The molecule has 0 aliphatic carbocycles. The molecule has 27 heavy (non-hydrogen) atoms. The number of aliphatic hydroxyl groups excluding tert-OH is 1. The van der Waals surface area contributed by atoms with Gasteiger partial charge in [-0.05, 0) is 55.2 Å². The van der Waals surface area contributed by atoms with E-state index in [2.05, 4.69) is 16.8 Å². The number of anilines is 1. The molecule has 0 aromatic heterocycles. The fraction of sp³-hybridized carbons (Fsp3) is 0.381. The number of fused-ring (bicyclic) bond motifs is 1. The monoisotopic (exact) mass is 376 g/mol. The number of rotatable bonds is 5. The summed E-state index contributed by atoms with van der Waals surface area (Å²) in [5.74, 6) is -0.580. The van der Waals surface area contributed by atoms with E-state index in [0.717, 1.165) is 41.9 Å². The van der Waals surface area contributed by atoms with Crippen molar-refractivity contribution in [2.45, 2.75) is 44.8 Å². The Morgan fingerprint density at radius 3 is 2.81 bits per heavy atom. The van der Waals surface area contributed by atoms with Gasteiger partial charge in [-0.1, -0.05) is 12.1 Å². The molecule has 1 aliphatic rings. The highest BCUT2D eigenvalue weighted by molar-refractivity contribution is 5.74. The summed E-state index contributed by atoms with van der Waals surface area (Å²) < 4.78 is 39.1. The Morgan fingerprint density at radius 2 is 2.07 bits per heavy atom. The second-order valence-electron chi connectivity index (χ2n) is 6.93. The second-order valence-corrected chi connectivity index (χ2v) is 6.93. The van der Waals surface area contributed by atoms with Gasteiger partial charge >= 0.3 is 0 Å². The molecule has 3 rings (SSSR count). The third-order valence-electron chi connectivity index (χ3n) is 5.14. The number of halogens is 3. The molecule has 0 radical (unpaired) electrons. The van der Waals surface area contributed by atoms with Crippen molar-refractivity contribution in [1.82, 2.24) is 0 Å². The highest BCUT2D eigenvalue weighted by Gasteiger charge is 2.22. The Morgan fingerprint density at radius 1 is 1.30 bits per heavy atom. The smallest absolute Gasteiger partial charge is 0.242 e. The topological polar surface area (TPSA) is 35.8 Å². The third-order valence-corrected chi connectivity index (χ3v) is 5.14. The van der Waals surface area contributed by atoms with Gasteiger partial charge in [0.2, 0.25) is 6.43 Å². The molecule has 1 aliphatic heterocycles. The van der Waals surface area contributed by atoms with Crippen LogP contribution in [0.3, 0.4) is 0 Å². The number of hydrogen-bond acceptors (Lipinski definition) is 3. The van der Waals surface area contributed by atoms with Crippen LogP contribution in [0.25, 0.3) is 0 Å². The first-order chi connectivity index (χ1) is 12.9. The van der Waals surface area contributed by atoms with E-state index in [4.69, 9.17) is 0 Å². The predicted molar refractivity (Wildman–Crippen MR) is 102 cm³/mol. The van der Waals surface area contributed by atoms with Gasteiger partial charge in [0, 0.05) is 37.0 Å². The highest BCUT2D eigenvalue weighted by Crippen LogP contribution is 2.36. The lowest BCUT2D eigenvalue weighted by molar-refractivity contribution is 0.147. The van der Waals surface area contributed by atoms with Gasteiger partial charge in [0.1, 0.15) is 11.9 Å². The minimum Gasteiger partial charge on any atom is -0.383 e. The molecule has 0 spiro atoms. The van der Waals surface area contributed by atoms with Gasteiger partial charge in [-0.25, -0.2) is 13.2 Å². The van der Waals surface area contributed by atoms with Crippen LogP contribution in [-0.2, 0) is 12.8 Å². The minimum atomic E-state index is -2.57. The van der Waals surface area contributed by atoms with Crippen molar-refractivity contribution in [3.05, 3.63) is 58.9 Å². The SMILES string of the molecule is C[C@H]1CCc2c(N=CC(O)c3cc(F)ccc3CC(F)F)cccc2N1C. The molecule has 1 unspecified atom stereocenters. The van der Waals surface area contributed by atoms with Gasteiger partial charge in [0.15, 0.2) is 0 Å². The van der Waals surface area contributed by atoms with Crippen LogP contribution in [0.5, 0.6) is 0 Å². The summed E-state index contributed by atoms with van der Waals surface area (Å²) in [7, 11) is 2.04. The van der Waals surface area contributed by atoms with Crippen molar-refractivity contribution < 1.29 is 18.3 Å². The quantitative estimate of drug-likeness (QED) is 0.758. The molecule has 144 valence electrons. The molecule has 0 saturated heterocycles. The van der Waals surface area contributed by atoms with E-state index < -0.39 is 24.8 Å². The van der Waals surface area contributed by atoms with Crippen LogP contribution >= 0.6 is 0 Å². The summed E-state index contributed by atoms with van der Waals surface area (Å²) in [5.41, 5.74) is 3.26. The van der Waals surface area contributed by atoms with E-state index in [1.54, 1.807) is 0 Å². The zero-order valence-corrected chi connectivity index (χ0v) is 15.4. The fourth-order valence-electron chi connectivity index (χ4n) is 3.48. The van der Waals surface area contributed by atoms with Gasteiger partial charge in [-0.2, -0.15) is 0 Å². The van der Waals surface area contributed by atoms with Crippen molar-refractivity contribution in [2.75, 3.05) is 11.9 Å². The van der Waals surface area contributed by atoms with Gasteiger partial charge in [0.05, 0.1) is 5.69 Å². The van der Waals surface area contributed by atoms with Crippen molar-refractivity contribution in [1.29, 1.82) is 0 Å². The largest absolute Gasteiger partial charge is 0.383 e. The summed E-state index contributed by atoms with van der Waals surface area (Å²) in [6.45, 7) is 2.16. The van der Waals surface area contributed by atoms with E-state index in [1.165, 1.54) is 12.3 Å². The molecule has 1 heterocycles. The molecule has 6 heteroatoms. The molecule has 1 N–H and O–H groups in total. The van der Waals surface area contributed by atoms with E-state index >= 15 is 0 Å². The van der Waals surface area contributed by atoms with Crippen LogP contribution in [0.4, 0.5) is 24.5 Å². The maximum Gasteiger partial charge on any atom is 0.242 e. The lowest BCUT2D eigenvalue weighted by atomic mass is 9.95. The molecule has 3 nitrogen and oxygen atoms in total. The molecular weight excluding hydrogens is 353 g/mol. The average Bonchev–Trinajstić information content (AvgIpc) is 2.64. The number of nitrogens with zero attached hydrogens (tertiary/aromatic N) is 2. The molecule has 2 atom stereocenters. The maximum absolute atomic E-state index is 13.6. The molecule has 2 aromatic rings. The molecule has 2 aromatic carbocycles. The first-order valence-electron chi connectivity index (χ1n) is 9.00. The average molecular weight is 376 g/mol. The summed E-state index contributed by atoms with van der Waals surface area (Å²) in [4.78, 5) is 6.59. The lowest BCUT2D eigenvalue weighted by Gasteiger charge is -2.34. The van der Waals surface area contributed by atoms with Crippen molar-refractivity contribution in [2.24, 2.45) is 4.99 Å². The minimum absolute atomic E-state index is 0.120. The van der Waals surface area contributed by atoms with Crippen LogP contribution < -0.4 is 4.90 Å². The Labute approximate surface area is 157 Å². The summed E-state index contributed by atoms with van der Waals surface area (Å²) in [5, 5.41) is 10.4. The summed E-state index contributed by atoms with van der Waals surface area (Å²) >= 11 is 0. The predicted octanol–water partition coefficient (Wildman–Crippen LogP) is 4.84. The molecule has 0 fully saturated rings. The van der Waals surface area contributed by atoms with Crippen LogP contribution in [0.2, 0.25) is 0 Å². The van der Waals surface area contributed by atoms with E-state index in [1.807, 2.05) is 25.2 Å². The number of hydrogen-bond donors (Lipinski definition) is 1. The number of alkyl halides is 2. The number of aliphatic hydroxyl groups is 1. The second kappa shape index (κ2) is 8.13. The molecular formula is C21H23F3N2O. The molecule has 0 amide bonds. The normalized spacial score (nSPS) is 18.2. The Hall–Kier alpha value is -2.34. The van der Waals surface area contributed by atoms with E-state index in [-0.39, 0.29) is 11.1 Å². The number of aliphatic imine (C=N–C) groups is 1. The van der Waals surface area contributed by atoms with Crippen LogP contribution in [0, 0.1) is 5.82 Å². The van der Waals surface area contributed by atoms with Crippen LogP contribution in [-0.4, -0.2) is 30.8 Å². The van der Waals surface area contributed by atoms with E-state index in [0.29, 0.717) is 6.04 Å². The zero-order valence-electron chi connectivity index (χ0n) is 15.4. The van der Waals surface area contributed by atoms with Gasteiger partial charge in [-0.3, -0.25) is 4.99 Å². The van der Waals surface area contributed by atoms with Crippen molar-refractivity contribution in [3.8, 4) is 0 Å². The van der Waals surface area contributed by atoms with Crippen LogP contribution in [0.1, 0.15) is 36.1 Å². The zero-order chi connectivity index (χ0) is 19.6. The third kappa shape index (κ3) is 4.33. The van der Waals surface area contributed by atoms with Crippen molar-refractivity contribution >= 4 is 17.6 Å². The van der Waals surface area contributed by atoms with Crippen molar-refractivity contribution in [3.63, 3.8) is 0 Å². The summed E-state index contributed by atoms with van der Waals surface area (Å²) in [6.07, 6.45) is -1.20. The number of benzene rings is 2. The first kappa shape index (κ1) is 19.4. The standard InChI is InChI=1S/C21H23F3N2O/c1-13-6-9-16-18(4-3-5-19(16)26(13)2)25-12-20(27)17-11-15(22)8-7-14(17)10-21(23)24/h3-5,7-8,11-13,20-21,27H,6,9-10H2,1-2H3/t13-,20?/m0/s1. The van der Waals surface area contributed by atoms with Gasteiger partial charge in [-0.15, -0.1) is 0 Å². The lowest BCUT2D eigenvalue weighted by Crippen LogP contribution is -2.33. The Kier molecular flexibility index (Phi) is 5.85. The first-order valence-corrected chi connectivity index (χ1v) is 9.00.